The van der Waals surface area contributed by atoms with Gasteiger partial charge in [-0.05, 0) is 55.0 Å². The van der Waals surface area contributed by atoms with Crippen LogP contribution in [0.15, 0.2) is 77.7 Å². The molecule has 0 saturated heterocycles. The minimum Gasteiger partial charge on any atom is -0.495 e. The summed E-state index contributed by atoms with van der Waals surface area (Å²) in [5, 5.41) is 2.67. The molecule has 0 heterocycles. The number of anilines is 2. The Hall–Kier alpha value is -3.39. The largest absolute Gasteiger partial charge is 0.495 e. The van der Waals surface area contributed by atoms with Gasteiger partial charge in [-0.1, -0.05) is 30.3 Å². The number of nitrogens with zero attached hydrogens (tertiary/aromatic N) is 1. The van der Waals surface area contributed by atoms with Crippen molar-refractivity contribution in [3.05, 3.63) is 84.2 Å². The number of methoxy groups -OCH3 is 1. The molecule has 0 aromatic heterocycles. The van der Waals surface area contributed by atoms with Crippen LogP contribution in [-0.2, 0) is 21.2 Å². The molecule has 6 nitrogen and oxygen atoms in total. The van der Waals surface area contributed by atoms with Gasteiger partial charge in [-0.2, -0.15) is 0 Å². The highest BCUT2D eigenvalue weighted by molar-refractivity contribution is 7.92. The lowest BCUT2D eigenvalue weighted by Gasteiger charge is -2.23. The average Bonchev–Trinajstić information content (AvgIpc) is 2.74. The highest BCUT2D eigenvalue weighted by atomic mass is 32.2. The molecular formula is C23H23FN2O4S. The number of hydrogen-bond acceptors (Lipinski definition) is 4. The van der Waals surface area contributed by atoms with Gasteiger partial charge >= 0.3 is 0 Å². The molecule has 3 aromatic carbocycles. The first kappa shape index (κ1) is 22.3. The van der Waals surface area contributed by atoms with E-state index in [9.17, 15) is 17.6 Å². The Balaban J connectivity index is 1.90. The number of hydrogen-bond donors (Lipinski definition) is 1. The summed E-state index contributed by atoms with van der Waals surface area (Å²) in [5.74, 6) is -0.542. The lowest BCUT2D eigenvalue weighted by molar-refractivity contribution is -0.115. The van der Waals surface area contributed by atoms with Crippen LogP contribution in [0.5, 0.6) is 5.75 Å². The van der Waals surface area contributed by atoms with Crippen LogP contribution < -0.4 is 14.4 Å². The number of benzene rings is 3. The first-order chi connectivity index (χ1) is 14.8. The summed E-state index contributed by atoms with van der Waals surface area (Å²) in [6.07, 6.45) is -0.0665. The molecule has 0 bridgehead atoms. The zero-order valence-corrected chi connectivity index (χ0v) is 18.0. The van der Waals surface area contributed by atoms with Crippen LogP contribution in [0.25, 0.3) is 0 Å². The topological polar surface area (TPSA) is 75.7 Å². The number of halogens is 1. The molecule has 31 heavy (non-hydrogen) atoms. The van der Waals surface area contributed by atoms with Crippen LogP contribution in [-0.4, -0.2) is 28.0 Å². The Kier molecular flexibility index (Phi) is 6.91. The van der Waals surface area contributed by atoms with Crippen LogP contribution in [0.1, 0.15) is 12.5 Å². The van der Waals surface area contributed by atoms with Crippen molar-refractivity contribution in [2.24, 2.45) is 0 Å². The Morgan fingerprint density at radius 2 is 1.77 bits per heavy atom. The van der Waals surface area contributed by atoms with Crippen molar-refractivity contribution in [1.82, 2.24) is 0 Å². The summed E-state index contributed by atoms with van der Waals surface area (Å²) in [4.78, 5) is 12.5. The third-order valence-corrected chi connectivity index (χ3v) is 6.52. The fraction of sp³-hybridized carbons (Fsp3) is 0.174. The Bertz CT molecular complexity index is 1170. The second kappa shape index (κ2) is 9.61. The smallest absolute Gasteiger partial charge is 0.264 e. The molecule has 1 N–H and O–H groups in total. The third kappa shape index (κ3) is 5.21. The average molecular weight is 443 g/mol. The fourth-order valence-corrected chi connectivity index (χ4v) is 4.69. The molecule has 162 valence electrons. The highest BCUT2D eigenvalue weighted by Crippen LogP contribution is 2.31. The Morgan fingerprint density at radius 3 is 2.42 bits per heavy atom. The second-order valence-electron chi connectivity index (χ2n) is 6.72. The molecule has 0 aliphatic carbocycles. The maximum atomic E-state index is 13.4. The van der Waals surface area contributed by atoms with E-state index in [2.05, 4.69) is 5.32 Å². The van der Waals surface area contributed by atoms with Gasteiger partial charge in [0.1, 0.15) is 11.6 Å². The molecular weight excluding hydrogens is 419 g/mol. The summed E-state index contributed by atoms with van der Waals surface area (Å²) in [6, 6.07) is 18.8. The second-order valence-corrected chi connectivity index (χ2v) is 8.58. The molecule has 0 aliphatic rings. The number of nitrogens with one attached hydrogen (secondary N) is 1. The molecule has 0 radical (unpaired) electrons. The standard InChI is InChI=1S/C23H23FN2O4S/c1-3-26(19-10-5-4-6-11-19)31(28,29)20-12-13-22(30-2)21(16-20)25-23(27)15-17-8-7-9-18(24)14-17/h4-14,16H,3,15H2,1-2H3,(H,25,27). The maximum Gasteiger partial charge on any atom is 0.264 e. The van der Waals surface area contributed by atoms with E-state index in [4.69, 9.17) is 4.74 Å². The van der Waals surface area contributed by atoms with Gasteiger partial charge in [0.2, 0.25) is 5.91 Å². The molecule has 0 fully saturated rings. The molecule has 0 saturated carbocycles. The summed E-state index contributed by atoms with van der Waals surface area (Å²) in [7, 11) is -2.45. The lowest BCUT2D eigenvalue weighted by atomic mass is 10.1. The van der Waals surface area contributed by atoms with E-state index in [1.165, 1.54) is 47.8 Å². The number of sulfonamides is 1. The molecule has 0 unspecified atom stereocenters. The minimum atomic E-state index is -3.88. The van der Waals surface area contributed by atoms with E-state index in [0.717, 1.165) is 0 Å². The van der Waals surface area contributed by atoms with E-state index in [-0.39, 0.29) is 23.5 Å². The first-order valence-electron chi connectivity index (χ1n) is 9.65. The fourth-order valence-electron chi connectivity index (χ4n) is 3.18. The van der Waals surface area contributed by atoms with Crippen LogP contribution in [0, 0.1) is 5.82 Å². The van der Waals surface area contributed by atoms with E-state index < -0.39 is 21.7 Å². The molecule has 1 amide bonds. The van der Waals surface area contributed by atoms with E-state index >= 15 is 0 Å². The van der Waals surface area contributed by atoms with Gasteiger partial charge in [0.05, 0.1) is 29.8 Å². The number of carbonyl (C=O) groups excluding carboxylic acids is 1. The normalized spacial score (nSPS) is 11.1. The highest BCUT2D eigenvalue weighted by Gasteiger charge is 2.25. The number of ether oxygens (including phenoxy) is 1. The van der Waals surface area contributed by atoms with Gasteiger partial charge in [-0.3, -0.25) is 9.10 Å². The van der Waals surface area contributed by atoms with Crippen molar-refractivity contribution < 1.29 is 22.3 Å². The van der Waals surface area contributed by atoms with Crippen LogP contribution >= 0.6 is 0 Å². The Morgan fingerprint density at radius 1 is 1.03 bits per heavy atom. The van der Waals surface area contributed by atoms with Gasteiger partial charge in [-0.15, -0.1) is 0 Å². The van der Waals surface area contributed by atoms with Crippen molar-refractivity contribution >= 4 is 27.3 Å². The number of rotatable bonds is 8. The molecule has 8 heteroatoms. The van der Waals surface area contributed by atoms with E-state index in [1.807, 2.05) is 6.07 Å². The summed E-state index contributed by atoms with van der Waals surface area (Å²) < 4.78 is 46.5. The van der Waals surface area contributed by atoms with E-state index in [0.29, 0.717) is 17.0 Å². The number of carbonyl (C=O) groups is 1. The van der Waals surface area contributed by atoms with E-state index in [1.54, 1.807) is 37.3 Å². The van der Waals surface area contributed by atoms with Gasteiger partial charge in [-0.25, -0.2) is 12.8 Å². The van der Waals surface area contributed by atoms with Crippen LogP contribution in [0.2, 0.25) is 0 Å². The zero-order valence-electron chi connectivity index (χ0n) is 17.2. The van der Waals surface area contributed by atoms with Crippen molar-refractivity contribution in [3.63, 3.8) is 0 Å². The minimum absolute atomic E-state index is 0.0139. The van der Waals surface area contributed by atoms with Crippen molar-refractivity contribution in [1.29, 1.82) is 0 Å². The van der Waals surface area contributed by atoms with Crippen LogP contribution in [0.4, 0.5) is 15.8 Å². The van der Waals surface area contributed by atoms with Crippen LogP contribution in [0.3, 0.4) is 0 Å². The van der Waals surface area contributed by atoms with Crippen molar-refractivity contribution in [2.75, 3.05) is 23.3 Å². The molecule has 3 rings (SSSR count). The summed E-state index contributed by atoms with van der Waals surface area (Å²) >= 11 is 0. The SMILES string of the molecule is CCN(c1ccccc1)S(=O)(=O)c1ccc(OC)c(NC(=O)Cc2cccc(F)c2)c1. The lowest BCUT2D eigenvalue weighted by Crippen LogP contribution is -2.30. The predicted molar refractivity (Wildman–Crippen MR) is 118 cm³/mol. The zero-order chi connectivity index (χ0) is 22.4. The summed E-state index contributed by atoms with van der Waals surface area (Å²) in [6.45, 7) is 1.98. The number of para-hydroxylation sites is 1. The Labute approximate surface area is 181 Å². The van der Waals surface area contributed by atoms with Gasteiger partial charge in [0.15, 0.2) is 0 Å². The molecule has 3 aromatic rings. The van der Waals surface area contributed by atoms with Gasteiger partial charge in [0, 0.05) is 6.54 Å². The molecule has 0 spiro atoms. The van der Waals surface area contributed by atoms with Crippen molar-refractivity contribution in [3.8, 4) is 5.75 Å². The quantitative estimate of drug-likeness (QED) is 0.567. The molecule has 0 aliphatic heterocycles. The molecule has 0 atom stereocenters. The monoisotopic (exact) mass is 442 g/mol. The van der Waals surface area contributed by atoms with Crippen molar-refractivity contribution in [2.45, 2.75) is 18.2 Å². The maximum absolute atomic E-state index is 13.4. The predicted octanol–water partition coefficient (Wildman–Crippen LogP) is 4.23. The van der Waals surface area contributed by atoms with Gasteiger partial charge < -0.3 is 10.1 Å². The third-order valence-electron chi connectivity index (χ3n) is 4.62. The summed E-state index contributed by atoms with van der Waals surface area (Å²) in [5.41, 5.74) is 1.26. The number of amides is 1. The van der Waals surface area contributed by atoms with Gasteiger partial charge in [0.25, 0.3) is 10.0 Å². The first-order valence-corrected chi connectivity index (χ1v) is 11.1.